The molecule has 2 atom stereocenters. The normalized spacial score (nSPS) is 12.6. The van der Waals surface area contributed by atoms with Gasteiger partial charge >= 0.3 is 0 Å². The third kappa shape index (κ3) is 8.11. The number of nitrogens with one attached hydrogen (secondary N) is 1. The molecule has 0 saturated heterocycles. The van der Waals surface area contributed by atoms with Gasteiger partial charge in [0.15, 0.2) is 0 Å². The van der Waals surface area contributed by atoms with Crippen LogP contribution in [0.1, 0.15) is 48.9 Å². The highest BCUT2D eigenvalue weighted by molar-refractivity contribution is 6.35. The van der Waals surface area contributed by atoms with E-state index >= 15 is 0 Å². The molecule has 0 aliphatic rings. The fraction of sp³-hybridized carbons (Fsp3) is 0.333. The molecule has 3 aromatic carbocycles. The van der Waals surface area contributed by atoms with Crippen molar-refractivity contribution in [2.45, 2.75) is 65.1 Å². The van der Waals surface area contributed by atoms with Crippen LogP contribution in [0.3, 0.4) is 0 Å². The van der Waals surface area contributed by atoms with E-state index in [0.29, 0.717) is 22.9 Å². The summed E-state index contributed by atoms with van der Waals surface area (Å²) in [6.45, 7) is 6.25. The van der Waals surface area contributed by atoms with Gasteiger partial charge < -0.3 is 10.2 Å². The summed E-state index contributed by atoms with van der Waals surface area (Å²) in [5, 5.41) is 4.08. The fourth-order valence-corrected chi connectivity index (χ4v) is 4.45. The van der Waals surface area contributed by atoms with Gasteiger partial charge in [-0.3, -0.25) is 9.59 Å². The number of carbonyl (C=O) groups excluding carboxylic acids is 2. The molecule has 0 aliphatic heterocycles. The standard InChI is InChI=1S/C30H34Cl2N2O2/c1-4-22(3)33-30(36)28(18-24-8-6-5-7-9-24)34(20-25-15-16-26(31)19-27(25)32)29(35)17-14-23-12-10-21(2)11-13-23/h5-13,15-16,19,22,28H,4,14,17-18,20H2,1-3H3,(H,33,36)/t22-,28-/m1/s1. The maximum absolute atomic E-state index is 13.7. The average molecular weight is 526 g/mol. The van der Waals surface area contributed by atoms with E-state index in [1.807, 2.05) is 81.4 Å². The Kier molecular flexibility index (Phi) is 10.4. The minimum Gasteiger partial charge on any atom is -0.352 e. The first-order chi connectivity index (χ1) is 17.3. The Morgan fingerprint density at radius 3 is 2.28 bits per heavy atom. The molecular formula is C30H34Cl2N2O2. The summed E-state index contributed by atoms with van der Waals surface area (Å²) in [5.41, 5.74) is 4.00. The number of rotatable bonds is 11. The molecule has 0 aromatic heterocycles. The zero-order valence-corrected chi connectivity index (χ0v) is 22.6. The first kappa shape index (κ1) is 27.8. The van der Waals surface area contributed by atoms with Gasteiger partial charge in [0.05, 0.1) is 0 Å². The van der Waals surface area contributed by atoms with Crippen molar-refractivity contribution in [3.8, 4) is 0 Å². The van der Waals surface area contributed by atoms with Crippen LogP contribution in [0.4, 0.5) is 0 Å². The smallest absolute Gasteiger partial charge is 0.243 e. The van der Waals surface area contributed by atoms with E-state index in [-0.39, 0.29) is 30.8 Å². The van der Waals surface area contributed by atoms with Crippen molar-refractivity contribution in [2.24, 2.45) is 0 Å². The van der Waals surface area contributed by atoms with Gasteiger partial charge in [-0.25, -0.2) is 0 Å². The zero-order chi connectivity index (χ0) is 26.1. The van der Waals surface area contributed by atoms with Crippen LogP contribution >= 0.6 is 23.2 Å². The van der Waals surface area contributed by atoms with Crippen LogP contribution in [-0.4, -0.2) is 28.8 Å². The number of hydrogen-bond donors (Lipinski definition) is 1. The topological polar surface area (TPSA) is 49.4 Å². The van der Waals surface area contributed by atoms with Gasteiger partial charge in [0, 0.05) is 35.5 Å². The first-order valence-electron chi connectivity index (χ1n) is 12.4. The molecule has 0 heterocycles. The maximum Gasteiger partial charge on any atom is 0.243 e. The zero-order valence-electron chi connectivity index (χ0n) is 21.1. The number of hydrogen-bond acceptors (Lipinski definition) is 2. The van der Waals surface area contributed by atoms with Crippen molar-refractivity contribution in [2.75, 3.05) is 0 Å². The van der Waals surface area contributed by atoms with Crippen molar-refractivity contribution in [1.29, 1.82) is 0 Å². The summed E-state index contributed by atoms with van der Waals surface area (Å²) in [6.07, 6.45) is 2.09. The summed E-state index contributed by atoms with van der Waals surface area (Å²) in [6, 6.07) is 22.5. The monoisotopic (exact) mass is 524 g/mol. The number of amides is 2. The van der Waals surface area contributed by atoms with Gasteiger partial charge in [-0.2, -0.15) is 0 Å². The summed E-state index contributed by atoms with van der Waals surface area (Å²) in [7, 11) is 0. The van der Waals surface area contributed by atoms with Crippen LogP contribution in [0.15, 0.2) is 72.8 Å². The molecule has 0 aliphatic carbocycles. The van der Waals surface area contributed by atoms with Crippen LogP contribution in [0.5, 0.6) is 0 Å². The number of halogens is 2. The van der Waals surface area contributed by atoms with E-state index in [9.17, 15) is 9.59 Å². The minimum atomic E-state index is -0.682. The van der Waals surface area contributed by atoms with Crippen molar-refractivity contribution < 1.29 is 9.59 Å². The Morgan fingerprint density at radius 2 is 1.64 bits per heavy atom. The first-order valence-corrected chi connectivity index (χ1v) is 13.2. The number of nitrogens with zero attached hydrogens (tertiary/aromatic N) is 1. The Morgan fingerprint density at radius 1 is 0.944 bits per heavy atom. The van der Waals surface area contributed by atoms with E-state index in [0.717, 1.165) is 23.1 Å². The Hall–Kier alpha value is -2.82. The predicted molar refractivity (Wildman–Crippen MR) is 148 cm³/mol. The van der Waals surface area contributed by atoms with Crippen molar-refractivity contribution in [3.05, 3.63) is 105 Å². The van der Waals surface area contributed by atoms with Crippen LogP contribution in [0, 0.1) is 6.92 Å². The molecule has 4 nitrogen and oxygen atoms in total. The van der Waals surface area contributed by atoms with Gasteiger partial charge in [0.2, 0.25) is 11.8 Å². The molecular weight excluding hydrogens is 491 g/mol. The molecule has 3 aromatic rings. The lowest BCUT2D eigenvalue weighted by atomic mass is 10.0. The van der Waals surface area contributed by atoms with E-state index < -0.39 is 6.04 Å². The molecule has 0 spiro atoms. The van der Waals surface area contributed by atoms with Crippen LogP contribution in [-0.2, 0) is 29.0 Å². The van der Waals surface area contributed by atoms with Crippen molar-refractivity contribution in [1.82, 2.24) is 10.2 Å². The highest BCUT2D eigenvalue weighted by Crippen LogP contribution is 2.25. The third-order valence-corrected chi connectivity index (χ3v) is 6.96. The van der Waals surface area contributed by atoms with Crippen molar-refractivity contribution >= 4 is 35.0 Å². The number of aryl methyl sites for hydroxylation is 2. The van der Waals surface area contributed by atoms with E-state index in [1.165, 1.54) is 5.56 Å². The molecule has 1 N–H and O–H groups in total. The molecule has 2 amide bonds. The lowest BCUT2D eigenvalue weighted by Gasteiger charge is -2.32. The summed E-state index contributed by atoms with van der Waals surface area (Å²) in [5.74, 6) is -0.260. The molecule has 0 fully saturated rings. The maximum atomic E-state index is 13.7. The Balaban J connectivity index is 1.93. The van der Waals surface area contributed by atoms with Gasteiger partial charge in [-0.05, 0) is 55.5 Å². The molecule has 0 unspecified atom stereocenters. The van der Waals surface area contributed by atoms with Crippen LogP contribution in [0.25, 0.3) is 0 Å². The van der Waals surface area contributed by atoms with Crippen LogP contribution in [0.2, 0.25) is 10.0 Å². The molecule has 190 valence electrons. The van der Waals surface area contributed by atoms with Crippen molar-refractivity contribution in [3.63, 3.8) is 0 Å². The lowest BCUT2D eigenvalue weighted by Crippen LogP contribution is -2.52. The van der Waals surface area contributed by atoms with E-state index in [4.69, 9.17) is 23.2 Å². The van der Waals surface area contributed by atoms with Crippen LogP contribution < -0.4 is 5.32 Å². The lowest BCUT2D eigenvalue weighted by molar-refractivity contribution is -0.141. The second-order valence-electron chi connectivity index (χ2n) is 9.27. The number of carbonyl (C=O) groups is 2. The number of benzene rings is 3. The Labute approximate surface area is 224 Å². The molecule has 3 rings (SSSR count). The minimum absolute atomic E-state index is 0.000552. The highest BCUT2D eigenvalue weighted by atomic mass is 35.5. The molecule has 36 heavy (non-hydrogen) atoms. The van der Waals surface area contributed by atoms with Gasteiger partial charge in [-0.15, -0.1) is 0 Å². The summed E-state index contributed by atoms with van der Waals surface area (Å²) >= 11 is 12.6. The summed E-state index contributed by atoms with van der Waals surface area (Å²) in [4.78, 5) is 29.0. The van der Waals surface area contributed by atoms with Gasteiger partial charge in [0.1, 0.15) is 6.04 Å². The summed E-state index contributed by atoms with van der Waals surface area (Å²) < 4.78 is 0. The Bertz CT molecular complexity index is 1150. The average Bonchev–Trinajstić information content (AvgIpc) is 2.87. The SMILES string of the molecule is CC[C@@H](C)NC(=O)[C@@H](Cc1ccccc1)N(Cc1ccc(Cl)cc1Cl)C(=O)CCc1ccc(C)cc1. The quantitative estimate of drug-likeness (QED) is 0.300. The van der Waals surface area contributed by atoms with Gasteiger partial charge in [-0.1, -0.05) is 96.4 Å². The largest absolute Gasteiger partial charge is 0.352 e. The molecule has 0 saturated carbocycles. The highest BCUT2D eigenvalue weighted by Gasteiger charge is 2.31. The molecule has 0 radical (unpaired) electrons. The third-order valence-electron chi connectivity index (χ3n) is 6.38. The second kappa shape index (κ2) is 13.5. The molecule has 6 heteroatoms. The fourth-order valence-electron chi connectivity index (χ4n) is 3.98. The predicted octanol–water partition coefficient (Wildman–Crippen LogP) is 6.79. The molecule has 0 bridgehead atoms. The van der Waals surface area contributed by atoms with E-state index in [2.05, 4.69) is 5.32 Å². The second-order valence-corrected chi connectivity index (χ2v) is 10.1. The van der Waals surface area contributed by atoms with Gasteiger partial charge in [0.25, 0.3) is 0 Å². The van der Waals surface area contributed by atoms with E-state index in [1.54, 1.807) is 17.0 Å².